The van der Waals surface area contributed by atoms with E-state index in [2.05, 4.69) is 9.80 Å². The maximum Gasteiger partial charge on any atom is 0.320 e. The minimum absolute atomic E-state index is 0.0445. The number of nitrogens with zero attached hydrogens (tertiary/aromatic N) is 4. The van der Waals surface area contributed by atoms with Crippen molar-refractivity contribution in [2.45, 2.75) is 127 Å². The number of hydrogen-bond donors (Lipinski definition) is 0. The minimum Gasteiger partial charge on any atom is -0.459 e. The average Bonchev–Trinajstić information content (AvgIpc) is 1.37. The van der Waals surface area contributed by atoms with Crippen molar-refractivity contribution < 1.29 is 57.1 Å². The molecule has 0 bridgehead atoms. The smallest absolute Gasteiger partial charge is 0.320 e. The van der Waals surface area contributed by atoms with Gasteiger partial charge in [0.15, 0.2) is 0 Å². The van der Waals surface area contributed by atoms with Crippen molar-refractivity contribution in [1.29, 1.82) is 0 Å². The highest BCUT2D eigenvalue weighted by atomic mass is 16.6. The first-order valence-electron chi connectivity index (χ1n) is 42.9. The zero-order valence-corrected chi connectivity index (χ0v) is 66.8. The van der Waals surface area contributed by atoms with Gasteiger partial charge in [0, 0.05) is 52.4 Å². The Bertz CT molecular complexity index is 8220. The number of rotatable bonds is 26. The van der Waals surface area contributed by atoms with Crippen LogP contribution in [0, 0.1) is 0 Å². The summed E-state index contributed by atoms with van der Waals surface area (Å²) in [6.07, 6.45) is 0. The Hall–Kier alpha value is -9.72. The number of ether oxygens (including phenoxy) is 8. The van der Waals surface area contributed by atoms with Gasteiger partial charge in [-0.15, -0.1) is 0 Å². The summed E-state index contributed by atoms with van der Waals surface area (Å²) in [5.41, 5.74) is 9.51. The van der Waals surface area contributed by atoms with Crippen LogP contribution in [0.3, 0.4) is 0 Å². The second-order valence-electron chi connectivity index (χ2n) is 42.3. The Labute approximate surface area is 658 Å². The highest BCUT2D eigenvalue weighted by Crippen LogP contribution is 2.88. The quantitative estimate of drug-likeness (QED) is 0.0218. The van der Waals surface area contributed by atoms with Crippen LogP contribution in [0.4, 0.5) is 0 Å². The number of benzene rings is 16. The Morgan fingerprint density at radius 1 is 0.233 bits per heavy atom. The zero-order valence-electron chi connectivity index (χ0n) is 66.8. The molecule has 10 aliphatic rings. The Morgan fingerprint density at radius 3 is 0.534 bits per heavy atom. The molecular formula is C100H76N4O12. The fourth-order valence-corrected chi connectivity index (χ4v) is 31.6. The zero-order chi connectivity index (χ0) is 76.7. The molecule has 0 aromatic heterocycles. The van der Waals surface area contributed by atoms with E-state index < -0.39 is 22.4 Å². The molecule has 24 aromatic rings. The van der Waals surface area contributed by atoms with Crippen LogP contribution in [0.15, 0.2) is 0 Å². The van der Waals surface area contributed by atoms with E-state index in [0.29, 0.717) is 65.9 Å². The number of likely N-dealkylation sites (tertiary alicyclic amines) is 2. The standard InChI is InChI=1S/C100H76N4O12/c1-93(2,3)113-33(105)25-101(26-34(106)114-94(4,5)6)13-17-109-21-23-111-19-15-103-29-97-85-69-53-41-39-37-38-40-42-44-49-59-47(40)57(45(37)53)73(85)75(59)87-77-61(49)52-56(44)72-70-54(42)46(38)58-48(39)60-50-43(41)55-51-62(50)78-82-66-63(51)79(89(97)71(55)69)83-67(66)68-65(81(77)91(83)99(87,97)31-103)64(52)80-84(68)92(82)100-32-104(30-98(100,90(72)80)86(70)74(58)76(60)88(78)100)16-20-112-24-22-110-18-14-102(27-35(107)115-95(7,8)9)28-36(108)116-96(10,11)12/h13-32H2,1-12H3. The first kappa shape index (κ1) is 61.6. The van der Waals surface area contributed by atoms with E-state index in [-0.39, 0.29) is 71.7 Å². The van der Waals surface area contributed by atoms with E-state index in [1.54, 1.807) is 313 Å². The van der Waals surface area contributed by atoms with Crippen LogP contribution in [0.2, 0.25) is 0 Å². The molecule has 0 radical (unpaired) electrons. The van der Waals surface area contributed by atoms with Gasteiger partial charge in [-0.1, -0.05) is 0 Å². The van der Waals surface area contributed by atoms with E-state index in [4.69, 9.17) is 37.9 Å². The van der Waals surface area contributed by atoms with Crippen LogP contribution in [0.25, 0.3) is 259 Å². The molecule has 4 atom stereocenters. The van der Waals surface area contributed by atoms with Gasteiger partial charge in [-0.05, 0) is 386 Å². The Morgan fingerprint density at radius 2 is 0.379 bits per heavy atom. The topological polar surface area (TPSA) is 155 Å². The van der Waals surface area contributed by atoms with Crippen molar-refractivity contribution in [2.24, 2.45) is 0 Å². The molecule has 2 fully saturated rings. The predicted octanol–water partition coefficient (Wildman–Crippen LogP) is 17.5. The van der Waals surface area contributed by atoms with E-state index in [9.17, 15) is 19.2 Å². The molecule has 2 saturated heterocycles. The fraction of sp³-hybridized carbons (Fsp3) is 0.400. The Kier molecular flexibility index (Phi) is 9.11. The van der Waals surface area contributed by atoms with Gasteiger partial charge in [-0.25, -0.2) is 0 Å². The molecule has 16 heteroatoms. The number of carbonyl (C=O) groups excluding carboxylic acids is 4. The van der Waals surface area contributed by atoms with Crippen molar-refractivity contribution in [3.63, 3.8) is 0 Å². The lowest BCUT2D eigenvalue weighted by atomic mass is 9.50. The lowest BCUT2D eigenvalue weighted by Gasteiger charge is -2.50. The average molecular weight is 1530 g/mol. The predicted molar refractivity (Wildman–Crippen MR) is 459 cm³/mol. The number of esters is 4. The summed E-state index contributed by atoms with van der Waals surface area (Å²) in [7, 11) is 0. The second-order valence-corrected chi connectivity index (χ2v) is 42.3. The fourth-order valence-electron chi connectivity index (χ4n) is 31.6. The summed E-state index contributed by atoms with van der Waals surface area (Å²) in [5.74, 6) is -1.56. The van der Waals surface area contributed by atoms with Crippen LogP contribution in [-0.2, 0) is 78.7 Å². The van der Waals surface area contributed by atoms with Gasteiger partial charge in [0.25, 0.3) is 0 Å². The molecule has 4 spiro atoms. The van der Waals surface area contributed by atoms with Crippen LogP contribution in [-0.4, -0.2) is 197 Å². The highest BCUT2D eigenvalue weighted by Gasteiger charge is 2.76. The van der Waals surface area contributed by atoms with Crippen LogP contribution >= 0.6 is 0 Å². The van der Waals surface area contributed by atoms with Gasteiger partial charge >= 0.3 is 23.9 Å². The summed E-state index contributed by atoms with van der Waals surface area (Å²) in [4.78, 5) is 62.0. The molecule has 0 amide bonds. The summed E-state index contributed by atoms with van der Waals surface area (Å²) in [6.45, 7) is 31.6. The van der Waals surface area contributed by atoms with Gasteiger partial charge in [0.2, 0.25) is 0 Å². The normalized spacial score (nSPS) is 22.5. The molecule has 24 aromatic carbocycles. The summed E-state index contributed by atoms with van der Waals surface area (Å²) < 4.78 is 49.1. The largest absolute Gasteiger partial charge is 0.459 e. The molecule has 4 unspecified atom stereocenters. The molecular weight excluding hydrogens is 1450 g/mol. The number of carbonyl (C=O) groups is 4. The Balaban J connectivity index is 0.567. The third kappa shape index (κ3) is 5.39. The molecule has 116 heavy (non-hydrogen) atoms. The molecule has 34 rings (SSSR count). The SMILES string of the molecule is CC(C)(C)OC(=O)CN(CCOCCOCCN1CC23c4c5c6c7c8c9c(c%10c%11c2c2c4c4c%12c%13c%14c%15c%16c%17c%18c%19c%20c%21c%22c(c%13c4c4c2c2c%11c%11c%10c%10c9c9c%13c8c(c6c%15c5%12)c%16c%13c%18c5c%19c6c%21c(c2c%224)c%11c6c%10c59)C%202CN(CCOCCOCCN(CC(=O)OC(C)(C)C)CC(=O)OC(C)(C)C)CC%14%172)C73C1)CC(=O)OC(C)(C)C. The monoisotopic (exact) mass is 1520 g/mol. The summed E-state index contributed by atoms with van der Waals surface area (Å²) >= 11 is 0. The maximum absolute atomic E-state index is 13.2. The third-order valence-electron chi connectivity index (χ3n) is 32.8. The summed E-state index contributed by atoms with van der Waals surface area (Å²) in [6, 6.07) is 0. The maximum atomic E-state index is 13.2. The summed E-state index contributed by atoms with van der Waals surface area (Å²) in [5, 5.41) is 77.4. The lowest BCUT2D eigenvalue weighted by molar-refractivity contribution is -0.162. The van der Waals surface area contributed by atoms with E-state index in [1.165, 1.54) is 0 Å². The van der Waals surface area contributed by atoms with Crippen molar-refractivity contribution >= 4 is 282 Å². The van der Waals surface area contributed by atoms with Crippen LogP contribution < -0.4 is 0 Å². The molecule has 0 N–H and O–H groups in total. The van der Waals surface area contributed by atoms with Crippen molar-refractivity contribution in [3.05, 3.63) is 44.5 Å². The molecule has 16 nitrogen and oxygen atoms in total. The third-order valence-corrected chi connectivity index (χ3v) is 32.8. The van der Waals surface area contributed by atoms with Crippen LogP contribution in [0.1, 0.15) is 128 Å². The first-order chi connectivity index (χ1) is 55.8. The van der Waals surface area contributed by atoms with Crippen LogP contribution in [0.5, 0.6) is 0 Å². The molecule has 2 aliphatic heterocycles. The highest BCUT2D eigenvalue weighted by molar-refractivity contribution is 6.77. The van der Waals surface area contributed by atoms with Gasteiger partial charge in [0.1, 0.15) is 22.4 Å². The van der Waals surface area contributed by atoms with E-state index in [1.807, 2.05) is 83.1 Å². The van der Waals surface area contributed by atoms with E-state index >= 15 is 0 Å². The molecule has 568 valence electrons. The molecule has 2 heterocycles. The van der Waals surface area contributed by atoms with Crippen molar-refractivity contribution in [1.82, 2.24) is 19.6 Å². The van der Waals surface area contributed by atoms with E-state index in [0.717, 1.165) is 39.3 Å². The van der Waals surface area contributed by atoms with Gasteiger partial charge in [-0.3, -0.25) is 38.8 Å². The second kappa shape index (κ2) is 17.2. The van der Waals surface area contributed by atoms with Gasteiger partial charge in [0.05, 0.1) is 101 Å². The first-order valence-corrected chi connectivity index (χ1v) is 42.9. The van der Waals surface area contributed by atoms with Crippen molar-refractivity contribution in [2.75, 3.05) is 131 Å². The minimum atomic E-state index is -0.653. The number of hydrogen-bond acceptors (Lipinski definition) is 16. The van der Waals surface area contributed by atoms with Gasteiger partial charge < -0.3 is 37.9 Å². The lowest BCUT2D eigenvalue weighted by Crippen LogP contribution is -2.51. The van der Waals surface area contributed by atoms with Crippen molar-refractivity contribution in [3.8, 4) is 0 Å². The van der Waals surface area contributed by atoms with Gasteiger partial charge in [-0.2, -0.15) is 0 Å². The molecule has 0 saturated carbocycles. The molecule has 8 aliphatic carbocycles.